The molecule has 2 fully saturated rings. The summed E-state index contributed by atoms with van der Waals surface area (Å²) in [6.45, 7) is 6.37. The number of hydrogen-bond acceptors (Lipinski definition) is 5. The molecule has 1 N–H and O–H groups in total. The number of cyclic esters (lactones) is 1. The van der Waals surface area contributed by atoms with E-state index in [0.717, 1.165) is 11.1 Å². The second kappa shape index (κ2) is 9.83. The van der Waals surface area contributed by atoms with Crippen LogP contribution < -0.4 is 5.32 Å². The standard InChI is InChI=1S/C26H32N2O5/c1-26(2,3)33-25(30)28-16-20(31-17-19-12-8-5-9-13-19)15-22(28)23-21(27-24(29)32-23)14-18-10-6-4-7-11-18/h4-13,20-23H,14-17H2,1-3H3,(H,27,29)/t20?,21-,22?,23-/m0/s1. The third-order valence-corrected chi connectivity index (χ3v) is 5.88. The highest BCUT2D eigenvalue weighted by molar-refractivity contribution is 5.72. The Morgan fingerprint density at radius 1 is 1.06 bits per heavy atom. The van der Waals surface area contributed by atoms with Crippen molar-refractivity contribution in [3.05, 3.63) is 71.8 Å². The Balaban J connectivity index is 1.51. The number of likely N-dealkylation sites (tertiary alicyclic amines) is 1. The zero-order valence-electron chi connectivity index (χ0n) is 19.4. The van der Waals surface area contributed by atoms with Gasteiger partial charge in [0.1, 0.15) is 11.7 Å². The summed E-state index contributed by atoms with van der Waals surface area (Å²) >= 11 is 0. The SMILES string of the molecule is CC(C)(C)OC(=O)N1CC(OCc2ccccc2)CC1[C@H]1OC(=O)N[C@H]1Cc1ccccc1. The molecule has 0 radical (unpaired) electrons. The number of amides is 2. The predicted octanol–water partition coefficient (Wildman–Crippen LogP) is 4.30. The minimum absolute atomic E-state index is 0.181. The van der Waals surface area contributed by atoms with E-state index in [9.17, 15) is 9.59 Å². The third-order valence-electron chi connectivity index (χ3n) is 5.88. The largest absolute Gasteiger partial charge is 0.444 e. The van der Waals surface area contributed by atoms with E-state index in [1.807, 2.05) is 81.4 Å². The van der Waals surface area contributed by atoms with E-state index in [0.29, 0.717) is 26.0 Å². The van der Waals surface area contributed by atoms with Gasteiger partial charge in [-0.1, -0.05) is 60.7 Å². The molecule has 0 bridgehead atoms. The van der Waals surface area contributed by atoms with Gasteiger partial charge in [-0.15, -0.1) is 0 Å². The van der Waals surface area contributed by atoms with E-state index in [1.54, 1.807) is 4.90 Å². The Kier molecular flexibility index (Phi) is 6.88. The van der Waals surface area contributed by atoms with E-state index in [2.05, 4.69) is 5.32 Å². The van der Waals surface area contributed by atoms with Gasteiger partial charge in [-0.2, -0.15) is 0 Å². The molecular weight excluding hydrogens is 420 g/mol. The minimum atomic E-state index is -0.626. The van der Waals surface area contributed by atoms with Crippen LogP contribution in [0, 0.1) is 0 Å². The maximum atomic E-state index is 13.1. The van der Waals surface area contributed by atoms with Crippen molar-refractivity contribution in [3.63, 3.8) is 0 Å². The van der Waals surface area contributed by atoms with Gasteiger partial charge in [0.15, 0.2) is 0 Å². The molecule has 2 aliphatic heterocycles. The molecule has 2 aromatic rings. The van der Waals surface area contributed by atoms with Crippen molar-refractivity contribution in [1.29, 1.82) is 0 Å². The van der Waals surface area contributed by atoms with Crippen LogP contribution in [0.3, 0.4) is 0 Å². The van der Waals surface area contributed by atoms with Crippen molar-refractivity contribution in [3.8, 4) is 0 Å². The molecule has 2 aliphatic rings. The highest BCUT2D eigenvalue weighted by atomic mass is 16.6. The van der Waals surface area contributed by atoms with Crippen molar-refractivity contribution in [2.24, 2.45) is 0 Å². The molecule has 2 saturated heterocycles. The van der Waals surface area contributed by atoms with Gasteiger partial charge in [-0.05, 0) is 44.7 Å². The van der Waals surface area contributed by atoms with Crippen LogP contribution in [-0.4, -0.2) is 53.5 Å². The lowest BCUT2D eigenvalue weighted by Crippen LogP contribution is -2.50. The lowest BCUT2D eigenvalue weighted by molar-refractivity contribution is 0.00338. The predicted molar refractivity (Wildman–Crippen MR) is 124 cm³/mol. The molecule has 2 unspecified atom stereocenters. The van der Waals surface area contributed by atoms with Gasteiger partial charge in [0.2, 0.25) is 0 Å². The quantitative estimate of drug-likeness (QED) is 0.707. The number of hydrogen-bond donors (Lipinski definition) is 1. The van der Waals surface area contributed by atoms with Gasteiger partial charge >= 0.3 is 12.2 Å². The first-order valence-corrected chi connectivity index (χ1v) is 11.4. The molecule has 2 heterocycles. The number of ether oxygens (including phenoxy) is 3. The van der Waals surface area contributed by atoms with Crippen LogP contribution in [0.1, 0.15) is 38.3 Å². The van der Waals surface area contributed by atoms with Crippen LogP contribution in [-0.2, 0) is 27.2 Å². The molecule has 7 nitrogen and oxygen atoms in total. The van der Waals surface area contributed by atoms with Crippen LogP contribution in [0.25, 0.3) is 0 Å². The van der Waals surface area contributed by atoms with Crippen LogP contribution in [0.2, 0.25) is 0 Å². The Morgan fingerprint density at radius 2 is 1.70 bits per heavy atom. The summed E-state index contributed by atoms with van der Waals surface area (Å²) in [6, 6.07) is 19.3. The number of carbonyl (C=O) groups excluding carboxylic acids is 2. The number of nitrogens with zero attached hydrogens (tertiary/aromatic N) is 1. The van der Waals surface area contributed by atoms with Gasteiger partial charge in [0.25, 0.3) is 0 Å². The van der Waals surface area contributed by atoms with E-state index >= 15 is 0 Å². The van der Waals surface area contributed by atoms with Crippen LogP contribution in [0.15, 0.2) is 60.7 Å². The Hall–Kier alpha value is -3.06. The molecule has 0 spiro atoms. The van der Waals surface area contributed by atoms with Crippen molar-refractivity contribution in [1.82, 2.24) is 10.2 Å². The molecule has 0 saturated carbocycles. The molecule has 0 aromatic heterocycles. The first kappa shape index (κ1) is 23.1. The van der Waals surface area contributed by atoms with Gasteiger partial charge in [0.05, 0.1) is 31.3 Å². The molecule has 176 valence electrons. The smallest absolute Gasteiger partial charge is 0.410 e. The van der Waals surface area contributed by atoms with Crippen molar-refractivity contribution >= 4 is 12.2 Å². The summed E-state index contributed by atoms with van der Waals surface area (Å²) in [5.41, 5.74) is 1.54. The molecule has 2 aromatic carbocycles. The molecular formula is C26H32N2O5. The van der Waals surface area contributed by atoms with Gasteiger partial charge < -0.3 is 19.5 Å². The number of nitrogens with one attached hydrogen (secondary N) is 1. The van der Waals surface area contributed by atoms with Crippen LogP contribution in [0.5, 0.6) is 0 Å². The molecule has 4 atom stereocenters. The lowest BCUT2D eigenvalue weighted by Gasteiger charge is -2.32. The number of benzene rings is 2. The maximum Gasteiger partial charge on any atom is 0.410 e. The fraction of sp³-hybridized carbons (Fsp3) is 0.462. The van der Waals surface area contributed by atoms with E-state index in [4.69, 9.17) is 14.2 Å². The fourth-order valence-electron chi connectivity index (χ4n) is 4.43. The number of alkyl carbamates (subject to hydrolysis) is 1. The topological polar surface area (TPSA) is 77.1 Å². The lowest BCUT2D eigenvalue weighted by atomic mass is 9.95. The summed E-state index contributed by atoms with van der Waals surface area (Å²) in [6.07, 6.45) is -0.365. The average Bonchev–Trinajstić information content (AvgIpc) is 3.36. The van der Waals surface area contributed by atoms with E-state index in [1.165, 1.54) is 0 Å². The first-order chi connectivity index (χ1) is 15.8. The third kappa shape index (κ3) is 6.05. The monoisotopic (exact) mass is 452 g/mol. The van der Waals surface area contributed by atoms with Gasteiger partial charge in [0, 0.05) is 0 Å². The summed E-state index contributed by atoms with van der Waals surface area (Å²) in [7, 11) is 0. The summed E-state index contributed by atoms with van der Waals surface area (Å²) < 4.78 is 17.5. The fourth-order valence-corrected chi connectivity index (χ4v) is 4.43. The number of carbonyl (C=O) groups is 2. The summed E-state index contributed by atoms with van der Waals surface area (Å²) in [5, 5.41) is 2.93. The molecule has 2 amide bonds. The Labute approximate surface area is 195 Å². The highest BCUT2D eigenvalue weighted by Crippen LogP contribution is 2.31. The highest BCUT2D eigenvalue weighted by Gasteiger charge is 2.49. The maximum absolute atomic E-state index is 13.1. The molecule has 7 heteroatoms. The molecule has 4 rings (SSSR count). The van der Waals surface area contributed by atoms with Crippen molar-refractivity contribution < 1.29 is 23.8 Å². The van der Waals surface area contributed by atoms with Gasteiger partial charge in [-0.3, -0.25) is 4.90 Å². The van der Waals surface area contributed by atoms with Crippen LogP contribution in [0.4, 0.5) is 9.59 Å². The minimum Gasteiger partial charge on any atom is -0.444 e. The van der Waals surface area contributed by atoms with E-state index < -0.39 is 23.9 Å². The normalized spacial score (nSPS) is 24.9. The van der Waals surface area contributed by atoms with Gasteiger partial charge in [-0.25, -0.2) is 9.59 Å². The molecule has 0 aliphatic carbocycles. The average molecular weight is 453 g/mol. The zero-order chi connectivity index (χ0) is 23.4. The summed E-state index contributed by atoms with van der Waals surface area (Å²) in [4.78, 5) is 27.0. The Bertz CT molecular complexity index is 944. The number of rotatable bonds is 6. The van der Waals surface area contributed by atoms with Crippen molar-refractivity contribution in [2.75, 3.05) is 6.54 Å². The second-order valence-corrected chi connectivity index (χ2v) is 9.66. The zero-order valence-corrected chi connectivity index (χ0v) is 19.4. The van der Waals surface area contributed by atoms with Crippen LogP contribution >= 0.6 is 0 Å². The first-order valence-electron chi connectivity index (χ1n) is 11.4. The Morgan fingerprint density at radius 3 is 2.33 bits per heavy atom. The van der Waals surface area contributed by atoms with Crippen molar-refractivity contribution in [2.45, 2.75) is 70.1 Å². The second-order valence-electron chi connectivity index (χ2n) is 9.66. The molecule has 33 heavy (non-hydrogen) atoms. The summed E-state index contributed by atoms with van der Waals surface area (Å²) in [5.74, 6) is 0. The van der Waals surface area contributed by atoms with E-state index in [-0.39, 0.29) is 18.2 Å².